The minimum atomic E-state index is -0.524. The topological polar surface area (TPSA) is 108 Å². The molecule has 2 aromatic rings. The fourth-order valence-electron chi connectivity index (χ4n) is 3.41. The third kappa shape index (κ3) is 4.07. The summed E-state index contributed by atoms with van der Waals surface area (Å²) in [6, 6.07) is 10.9. The van der Waals surface area contributed by atoms with Gasteiger partial charge >= 0.3 is 0 Å². The van der Waals surface area contributed by atoms with Gasteiger partial charge in [0.1, 0.15) is 17.2 Å². The number of likely N-dealkylation sites (tertiary alicyclic amines) is 1. The van der Waals surface area contributed by atoms with Crippen molar-refractivity contribution in [2.75, 3.05) is 20.2 Å². The standard InChI is InChI=1S/C20H23N3O5/c1-13-9-14(11-21)12-22(13)20(24)18-10-15(23(25)26)3-8-19(18)28-17-6-4-16(27-2)5-7-17/h3-8,10,13-14H,9,11-12,21H2,1-2H3. The normalized spacial score (nSPS) is 18.8. The fraction of sp³-hybridized carbons (Fsp3) is 0.350. The van der Waals surface area contributed by atoms with Gasteiger partial charge in [0.2, 0.25) is 0 Å². The zero-order valence-corrected chi connectivity index (χ0v) is 15.8. The molecule has 1 aliphatic rings. The van der Waals surface area contributed by atoms with Crippen LogP contribution in [0.3, 0.4) is 0 Å². The summed E-state index contributed by atoms with van der Waals surface area (Å²) >= 11 is 0. The number of non-ortho nitro benzene ring substituents is 1. The summed E-state index contributed by atoms with van der Waals surface area (Å²) in [6.45, 7) is 2.98. The van der Waals surface area contributed by atoms with Gasteiger partial charge in [-0.2, -0.15) is 0 Å². The summed E-state index contributed by atoms with van der Waals surface area (Å²) in [6.07, 6.45) is 0.811. The Balaban J connectivity index is 1.93. The van der Waals surface area contributed by atoms with Crippen molar-refractivity contribution in [3.63, 3.8) is 0 Å². The van der Waals surface area contributed by atoms with Gasteiger partial charge in [0.15, 0.2) is 0 Å². The second-order valence-electron chi connectivity index (χ2n) is 6.86. The Morgan fingerprint density at radius 2 is 1.93 bits per heavy atom. The quantitative estimate of drug-likeness (QED) is 0.604. The summed E-state index contributed by atoms with van der Waals surface area (Å²) < 4.78 is 11.0. The Labute approximate surface area is 163 Å². The molecule has 1 saturated heterocycles. The molecule has 2 unspecified atom stereocenters. The van der Waals surface area contributed by atoms with Gasteiger partial charge in [0.05, 0.1) is 17.6 Å². The van der Waals surface area contributed by atoms with Crippen molar-refractivity contribution in [3.8, 4) is 17.2 Å². The molecule has 8 heteroatoms. The van der Waals surface area contributed by atoms with Crippen LogP contribution in [-0.4, -0.2) is 42.0 Å². The fourth-order valence-corrected chi connectivity index (χ4v) is 3.41. The number of nitro groups is 1. The van der Waals surface area contributed by atoms with Gasteiger partial charge in [-0.15, -0.1) is 0 Å². The third-order valence-electron chi connectivity index (χ3n) is 4.95. The van der Waals surface area contributed by atoms with E-state index in [9.17, 15) is 14.9 Å². The first-order chi connectivity index (χ1) is 13.4. The lowest BCUT2D eigenvalue weighted by Crippen LogP contribution is -2.34. The van der Waals surface area contributed by atoms with Gasteiger partial charge in [0, 0.05) is 24.7 Å². The zero-order valence-electron chi connectivity index (χ0n) is 15.8. The number of amides is 1. The summed E-state index contributed by atoms with van der Waals surface area (Å²) in [5.74, 6) is 1.37. The first-order valence-electron chi connectivity index (χ1n) is 9.04. The van der Waals surface area contributed by atoms with E-state index in [1.807, 2.05) is 6.92 Å². The molecule has 1 fully saturated rings. The molecule has 0 aliphatic carbocycles. The van der Waals surface area contributed by atoms with E-state index in [4.69, 9.17) is 15.2 Å². The van der Waals surface area contributed by atoms with Crippen LogP contribution in [0.25, 0.3) is 0 Å². The number of rotatable bonds is 6. The summed E-state index contributed by atoms with van der Waals surface area (Å²) in [7, 11) is 1.56. The number of nitro benzene ring substituents is 1. The molecule has 0 saturated carbocycles. The first kappa shape index (κ1) is 19.6. The maximum atomic E-state index is 13.2. The van der Waals surface area contributed by atoms with Gasteiger partial charge in [-0.25, -0.2) is 0 Å². The number of carbonyl (C=O) groups excluding carboxylic acids is 1. The predicted molar refractivity (Wildman–Crippen MR) is 104 cm³/mol. The van der Waals surface area contributed by atoms with E-state index < -0.39 is 4.92 Å². The van der Waals surface area contributed by atoms with Crippen LogP contribution in [-0.2, 0) is 0 Å². The van der Waals surface area contributed by atoms with E-state index >= 15 is 0 Å². The van der Waals surface area contributed by atoms with Crippen molar-refractivity contribution in [1.82, 2.24) is 4.90 Å². The maximum Gasteiger partial charge on any atom is 0.270 e. The van der Waals surface area contributed by atoms with Gasteiger partial charge < -0.3 is 20.1 Å². The van der Waals surface area contributed by atoms with Gasteiger partial charge in [-0.05, 0) is 56.1 Å². The molecule has 1 heterocycles. The monoisotopic (exact) mass is 385 g/mol. The summed E-state index contributed by atoms with van der Waals surface area (Å²) in [4.78, 5) is 25.6. The molecule has 3 rings (SSSR count). The molecule has 0 bridgehead atoms. The second kappa shape index (κ2) is 8.26. The van der Waals surface area contributed by atoms with E-state index in [1.165, 1.54) is 18.2 Å². The molecule has 2 aromatic carbocycles. The molecule has 0 spiro atoms. The van der Waals surface area contributed by atoms with Crippen molar-refractivity contribution in [1.29, 1.82) is 0 Å². The number of nitrogens with two attached hydrogens (primary N) is 1. The SMILES string of the molecule is COc1ccc(Oc2ccc([N+](=O)[O-])cc2C(=O)N2CC(CN)CC2C)cc1. The number of carbonyl (C=O) groups is 1. The molecule has 8 nitrogen and oxygen atoms in total. The van der Waals surface area contributed by atoms with E-state index in [0.717, 1.165) is 6.42 Å². The van der Waals surface area contributed by atoms with E-state index in [1.54, 1.807) is 36.3 Å². The molecule has 0 aromatic heterocycles. The van der Waals surface area contributed by atoms with E-state index in [-0.39, 0.29) is 34.9 Å². The van der Waals surface area contributed by atoms with Crippen LogP contribution >= 0.6 is 0 Å². The van der Waals surface area contributed by atoms with Gasteiger partial charge in [0.25, 0.3) is 11.6 Å². The highest BCUT2D eigenvalue weighted by molar-refractivity contribution is 5.98. The molecule has 28 heavy (non-hydrogen) atoms. The van der Waals surface area contributed by atoms with Crippen LogP contribution in [0.1, 0.15) is 23.7 Å². The molecule has 1 amide bonds. The number of ether oxygens (including phenoxy) is 2. The lowest BCUT2D eigenvalue weighted by molar-refractivity contribution is -0.384. The second-order valence-corrected chi connectivity index (χ2v) is 6.86. The van der Waals surface area contributed by atoms with Crippen LogP contribution < -0.4 is 15.2 Å². The number of methoxy groups -OCH3 is 1. The van der Waals surface area contributed by atoms with Crippen LogP contribution in [0.4, 0.5) is 5.69 Å². The maximum absolute atomic E-state index is 13.2. The largest absolute Gasteiger partial charge is 0.497 e. The average Bonchev–Trinajstić information content (AvgIpc) is 3.09. The Morgan fingerprint density at radius 1 is 1.25 bits per heavy atom. The molecule has 0 radical (unpaired) electrons. The number of hydrogen-bond acceptors (Lipinski definition) is 6. The number of benzene rings is 2. The molecule has 2 atom stereocenters. The minimum Gasteiger partial charge on any atom is -0.497 e. The predicted octanol–water partition coefficient (Wildman–Crippen LogP) is 3.21. The summed E-state index contributed by atoms with van der Waals surface area (Å²) in [5, 5.41) is 11.2. The molecule has 2 N–H and O–H groups in total. The highest BCUT2D eigenvalue weighted by Gasteiger charge is 2.34. The Bertz CT molecular complexity index is 869. The molecular weight excluding hydrogens is 362 g/mol. The van der Waals surface area contributed by atoms with Crippen LogP contribution in [0.2, 0.25) is 0 Å². The first-order valence-corrected chi connectivity index (χ1v) is 9.04. The van der Waals surface area contributed by atoms with Crippen molar-refractivity contribution >= 4 is 11.6 Å². The number of nitrogens with zero attached hydrogens (tertiary/aromatic N) is 2. The minimum absolute atomic E-state index is 0.00847. The highest BCUT2D eigenvalue weighted by atomic mass is 16.6. The van der Waals surface area contributed by atoms with E-state index in [0.29, 0.717) is 24.6 Å². The Hall–Kier alpha value is -3.13. The lowest BCUT2D eigenvalue weighted by atomic mass is 10.1. The van der Waals surface area contributed by atoms with Gasteiger partial charge in [-0.3, -0.25) is 14.9 Å². The number of hydrogen-bond donors (Lipinski definition) is 1. The smallest absolute Gasteiger partial charge is 0.270 e. The van der Waals surface area contributed by atoms with Crippen molar-refractivity contribution < 1.29 is 19.2 Å². The van der Waals surface area contributed by atoms with Crippen molar-refractivity contribution in [2.24, 2.45) is 11.7 Å². The zero-order chi connectivity index (χ0) is 20.3. The molecular formula is C20H23N3O5. The lowest BCUT2D eigenvalue weighted by Gasteiger charge is -2.23. The Kier molecular flexibility index (Phi) is 5.79. The molecule has 1 aliphatic heterocycles. The van der Waals surface area contributed by atoms with Crippen molar-refractivity contribution in [3.05, 3.63) is 58.1 Å². The average molecular weight is 385 g/mol. The third-order valence-corrected chi connectivity index (χ3v) is 4.95. The van der Waals surface area contributed by atoms with Crippen LogP contribution in [0, 0.1) is 16.0 Å². The van der Waals surface area contributed by atoms with Crippen LogP contribution in [0.5, 0.6) is 17.2 Å². The summed E-state index contributed by atoms with van der Waals surface area (Å²) in [5.41, 5.74) is 5.76. The Morgan fingerprint density at radius 3 is 2.50 bits per heavy atom. The highest BCUT2D eigenvalue weighted by Crippen LogP contribution is 2.33. The van der Waals surface area contributed by atoms with Gasteiger partial charge in [-0.1, -0.05) is 0 Å². The van der Waals surface area contributed by atoms with Crippen LogP contribution in [0.15, 0.2) is 42.5 Å². The molecule has 148 valence electrons. The van der Waals surface area contributed by atoms with Crippen molar-refractivity contribution in [2.45, 2.75) is 19.4 Å². The van der Waals surface area contributed by atoms with E-state index in [2.05, 4.69) is 0 Å².